The number of hydrogen-bond donors (Lipinski definition) is 0. The summed E-state index contributed by atoms with van der Waals surface area (Å²) in [7, 11) is 0. The number of hydrogen-bond acceptors (Lipinski definition) is 0. The zero-order valence-electron chi connectivity index (χ0n) is 23.0. The van der Waals surface area contributed by atoms with Crippen molar-refractivity contribution >= 4 is 64.6 Å². The van der Waals surface area contributed by atoms with E-state index in [1.54, 1.807) is 0 Å². The van der Waals surface area contributed by atoms with Gasteiger partial charge in [0.1, 0.15) is 0 Å². The summed E-state index contributed by atoms with van der Waals surface area (Å²) in [6, 6.07) is 58.1. The van der Waals surface area contributed by atoms with Gasteiger partial charge in [-0.15, -0.1) is 0 Å². The van der Waals surface area contributed by atoms with Crippen LogP contribution in [-0.2, 0) is 0 Å². The molecule has 42 heavy (non-hydrogen) atoms. The van der Waals surface area contributed by atoms with E-state index < -0.39 is 0 Å². The molecule has 0 aromatic heterocycles. The van der Waals surface area contributed by atoms with Crippen molar-refractivity contribution in [1.82, 2.24) is 0 Å². The molecule has 9 aromatic carbocycles. The summed E-state index contributed by atoms with van der Waals surface area (Å²) >= 11 is 0. The van der Waals surface area contributed by atoms with E-state index in [2.05, 4.69) is 158 Å². The van der Waals surface area contributed by atoms with Gasteiger partial charge in [-0.25, -0.2) is 0 Å². The van der Waals surface area contributed by atoms with Crippen LogP contribution in [0.4, 0.5) is 0 Å². The van der Waals surface area contributed by atoms with Gasteiger partial charge in [0.15, 0.2) is 0 Å². The first-order valence-corrected chi connectivity index (χ1v) is 14.6. The minimum Gasteiger partial charge on any atom is -0.0616 e. The lowest BCUT2D eigenvalue weighted by Crippen LogP contribution is -1.92. The van der Waals surface area contributed by atoms with E-state index in [1.165, 1.54) is 86.9 Å². The van der Waals surface area contributed by atoms with Crippen molar-refractivity contribution in [2.75, 3.05) is 0 Å². The first kappa shape index (κ1) is 23.3. The van der Waals surface area contributed by atoms with Crippen LogP contribution in [0, 0.1) is 0 Å². The Kier molecular flexibility index (Phi) is 5.00. The van der Waals surface area contributed by atoms with Crippen molar-refractivity contribution in [2.24, 2.45) is 0 Å². The Bertz CT molecular complexity index is 2460. The molecule has 0 aliphatic heterocycles. The molecule has 0 bridgehead atoms. The van der Waals surface area contributed by atoms with E-state index in [4.69, 9.17) is 0 Å². The highest BCUT2D eigenvalue weighted by molar-refractivity contribution is 6.26. The van der Waals surface area contributed by atoms with Crippen molar-refractivity contribution in [1.29, 1.82) is 0 Å². The molecule has 9 aromatic rings. The minimum absolute atomic E-state index is 1.25. The molecule has 9 rings (SSSR count). The predicted molar refractivity (Wildman–Crippen MR) is 182 cm³/mol. The smallest absolute Gasteiger partial charge is 0.00199 e. The van der Waals surface area contributed by atoms with Gasteiger partial charge in [-0.2, -0.15) is 0 Å². The van der Waals surface area contributed by atoms with Crippen molar-refractivity contribution in [3.63, 3.8) is 0 Å². The number of benzene rings is 9. The lowest BCUT2D eigenvalue weighted by molar-refractivity contribution is 1.69. The Hall–Kier alpha value is -5.46. The molecule has 0 radical (unpaired) electrons. The van der Waals surface area contributed by atoms with Gasteiger partial charge in [-0.3, -0.25) is 0 Å². The highest BCUT2D eigenvalue weighted by atomic mass is 14.2. The molecule has 0 fully saturated rings. The molecule has 0 N–H and O–H groups in total. The standard InChI is InChI=1S/C42H26/c1-3-13-31-27(11-1)21-22-28-23-24-30(26-39(28)31)41-35-17-7-9-19-37(35)42(38-20-10-8-18-36(38)41)40-25-29-12-2-4-14-32(29)33-15-5-6-16-34(33)40/h1-26H. The second kappa shape index (κ2) is 9.03. The van der Waals surface area contributed by atoms with Gasteiger partial charge in [-0.1, -0.05) is 146 Å². The summed E-state index contributed by atoms with van der Waals surface area (Å²) in [4.78, 5) is 0. The molecule has 0 saturated heterocycles. The average molecular weight is 531 g/mol. The minimum atomic E-state index is 1.25. The molecule has 0 spiro atoms. The molecular weight excluding hydrogens is 504 g/mol. The summed E-state index contributed by atoms with van der Waals surface area (Å²) in [5.41, 5.74) is 5.14. The monoisotopic (exact) mass is 530 g/mol. The summed E-state index contributed by atoms with van der Waals surface area (Å²) in [6.45, 7) is 0. The van der Waals surface area contributed by atoms with E-state index in [9.17, 15) is 0 Å². The highest BCUT2D eigenvalue weighted by Gasteiger charge is 2.19. The normalized spacial score (nSPS) is 11.8. The molecule has 194 valence electrons. The van der Waals surface area contributed by atoms with Crippen molar-refractivity contribution < 1.29 is 0 Å². The van der Waals surface area contributed by atoms with Crippen LogP contribution in [0.1, 0.15) is 0 Å². The number of rotatable bonds is 2. The third-order valence-electron chi connectivity index (χ3n) is 9.00. The van der Waals surface area contributed by atoms with Gasteiger partial charge >= 0.3 is 0 Å². The second-order valence-electron chi connectivity index (χ2n) is 11.3. The summed E-state index contributed by atoms with van der Waals surface area (Å²) in [5.74, 6) is 0. The Morgan fingerprint density at radius 2 is 0.667 bits per heavy atom. The van der Waals surface area contributed by atoms with E-state index in [0.717, 1.165) is 0 Å². The maximum absolute atomic E-state index is 2.40. The van der Waals surface area contributed by atoms with Crippen LogP contribution in [-0.4, -0.2) is 0 Å². The van der Waals surface area contributed by atoms with Crippen LogP contribution in [0.3, 0.4) is 0 Å². The van der Waals surface area contributed by atoms with E-state index >= 15 is 0 Å². The third-order valence-corrected chi connectivity index (χ3v) is 9.00. The van der Waals surface area contributed by atoms with Crippen LogP contribution in [0.5, 0.6) is 0 Å². The fourth-order valence-corrected chi connectivity index (χ4v) is 7.15. The summed E-state index contributed by atoms with van der Waals surface area (Å²) < 4.78 is 0. The molecule has 0 aliphatic rings. The molecule has 0 heteroatoms. The van der Waals surface area contributed by atoms with Gasteiger partial charge in [0, 0.05) is 0 Å². The Morgan fingerprint density at radius 1 is 0.238 bits per heavy atom. The zero-order valence-corrected chi connectivity index (χ0v) is 23.0. The zero-order chi connectivity index (χ0) is 27.6. The van der Waals surface area contributed by atoms with E-state index in [1.807, 2.05) is 0 Å². The van der Waals surface area contributed by atoms with Crippen molar-refractivity contribution in [3.05, 3.63) is 158 Å². The third kappa shape index (κ3) is 3.36. The van der Waals surface area contributed by atoms with Gasteiger partial charge in [0.05, 0.1) is 0 Å². The maximum Gasteiger partial charge on any atom is -0.00199 e. The van der Waals surface area contributed by atoms with Crippen LogP contribution in [0.25, 0.3) is 86.9 Å². The molecular formula is C42H26. The van der Waals surface area contributed by atoms with Crippen LogP contribution >= 0.6 is 0 Å². The quantitative estimate of drug-likeness (QED) is 0.154. The molecule has 0 nitrogen and oxygen atoms in total. The molecule has 0 unspecified atom stereocenters. The largest absolute Gasteiger partial charge is 0.0616 e. The fourth-order valence-electron chi connectivity index (χ4n) is 7.15. The molecule has 0 heterocycles. The second-order valence-corrected chi connectivity index (χ2v) is 11.3. The van der Waals surface area contributed by atoms with Crippen LogP contribution in [0.15, 0.2) is 158 Å². The van der Waals surface area contributed by atoms with Gasteiger partial charge in [-0.05, 0) is 99.0 Å². The average Bonchev–Trinajstić information content (AvgIpc) is 3.06. The Labute approximate surface area is 244 Å². The Morgan fingerprint density at radius 3 is 1.31 bits per heavy atom. The Balaban J connectivity index is 1.44. The molecule has 0 saturated carbocycles. The molecule has 0 atom stereocenters. The van der Waals surface area contributed by atoms with Crippen LogP contribution < -0.4 is 0 Å². The fraction of sp³-hybridized carbons (Fsp3) is 0. The van der Waals surface area contributed by atoms with Crippen molar-refractivity contribution in [2.45, 2.75) is 0 Å². The lowest BCUT2D eigenvalue weighted by Gasteiger charge is -2.20. The van der Waals surface area contributed by atoms with E-state index in [-0.39, 0.29) is 0 Å². The molecule has 0 aliphatic carbocycles. The van der Waals surface area contributed by atoms with Crippen molar-refractivity contribution in [3.8, 4) is 22.3 Å². The van der Waals surface area contributed by atoms with Gasteiger partial charge < -0.3 is 0 Å². The highest BCUT2D eigenvalue weighted by Crippen LogP contribution is 2.47. The summed E-state index contributed by atoms with van der Waals surface area (Å²) in [6.07, 6.45) is 0. The maximum atomic E-state index is 2.40. The first-order chi connectivity index (χ1) is 20.8. The lowest BCUT2D eigenvalue weighted by atomic mass is 9.83. The van der Waals surface area contributed by atoms with Crippen LogP contribution in [0.2, 0.25) is 0 Å². The first-order valence-electron chi connectivity index (χ1n) is 14.6. The topological polar surface area (TPSA) is 0 Å². The SMILES string of the molecule is c1ccc2c(c1)ccc1ccc(-c3c4ccccc4c(-c4cc5ccccc5c5ccccc45)c4ccccc34)cc12. The molecule has 0 amide bonds. The van der Waals surface area contributed by atoms with Gasteiger partial charge in [0.2, 0.25) is 0 Å². The van der Waals surface area contributed by atoms with E-state index in [0.29, 0.717) is 0 Å². The summed E-state index contributed by atoms with van der Waals surface area (Å²) in [5, 5.41) is 15.4. The number of fused-ring (bicyclic) bond motifs is 8. The van der Waals surface area contributed by atoms with Gasteiger partial charge in [0.25, 0.3) is 0 Å². The predicted octanol–water partition coefficient (Wildman–Crippen LogP) is 11.9.